The van der Waals surface area contributed by atoms with E-state index in [0.717, 1.165) is 115 Å². The largest absolute Gasteiger partial charge is 0.580 e. The van der Waals surface area contributed by atoms with E-state index in [9.17, 15) is 10.2 Å². The van der Waals surface area contributed by atoms with Gasteiger partial charge in [0.05, 0.1) is 11.1 Å². The maximum absolute atomic E-state index is 16.3. The van der Waals surface area contributed by atoms with Crippen molar-refractivity contribution in [3.05, 3.63) is 254 Å². The molecule has 0 saturated carbocycles. The van der Waals surface area contributed by atoms with Crippen molar-refractivity contribution < 1.29 is 54.7 Å². The Hall–Kier alpha value is -8.66. The van der Waals surface area contributed by atoms with E-state index in [4.69, 9.17) is 9.47 Å². The molecule has 540 valence electrons. The summed E-state index contributed by atoms with van der Waals surface area (Å²) in [4.78, 5) is 9.68. The van der Waals surface area contributed by atoms with Gasteiger partial charge in [-0.05, 0) is 219 Å². The van der Waals surface area contributed by atoms with Gasteiger partial charge in [-0.15, -0.1) is 0 Å². The third-order valence-corrected chi connectivity index (χ3v) is 21.6. The number of aliphatic hydroxyl groups is 2. The Kier molecular flexibility index (Phi) is 22.4. The van der Waals surface area contributed by atoms with Crippen LogP contribution in [0.15, 0.2) is 194 Å². The second kappa shape index (κ2) is 30.4. The molecular formula is C93H106F2N4O4Zr. The van der Waals surface area contributed by atoms with Gasteiger partial charge in [-0.3, -0.25) is 0 Å². The Morgan fingerprint density at radius 3 is 1.13 bits per heavy atom. The third kappa shape index (κ3) is 15.7. The van der Waals surface area contributed by atoms with Crippen LogP contribution in [-0.2, 0) is 62.7 Å². The smallest absolute Gasteiger partial charge is 0.263 e. The second-order valence-electron chi connectivity index (χ2n) is 32.6. The molecule has 14 rings (SSSR count). The minimum absolute atomic E-state index is 0. The topological polar surface area (TPSA) is 79.0 Å². The number of phenols is 2. The van der Waals surface area contributed by atoms with Crippen molar-refractivity contribution in [2.45, 2.75) is 164 Å². The van der Waals surface area contributed by atoms with Crippen molar-refractivity contribution in [1.29, 1.82) is 0 Å². The van der Waals surface area contributed by atoms with Crippen LogP contribution in [0.1, 0.15) is 149 Å². The molecule has 0 bridgehead atoms. The van der Waals surface area contributed by atoms with Gasteiger partial charge in [0.15, 0.2) is 12.2 Å². The van der Waals surface area contributed by atoms with Gasteiger partial charge in [-0.2, -0.15) is 0 Å². The van der Waals surface area contributed by atoms with E-state index in [2.05, 4.69) is 254 Å². The van der Waals surface area contributed by atoms with Gasteiger partial charge in [-0.1, -0.05) is 156 Å². The predicted octanol–water partition coefficient (Wildman–Crippen LogP) is 24.3. The number of nitrogens with zero attached hydrogens (tertiary/aromatic N) is 4. The minimum Gasteiger partial charge on any atom is -0.580 e. The number of ether oxygens (including phenoxy) is 2. The number of aromatic hydroxyl groups is 4. The molecule has 4 aliphatic heterocycles. The Balaban J connectivity index is 0.00000361. The van der Waals surface area contributed by atoms with Crippen LogP contribution in [0.5, 0.6) is 23.0 Å². The number of hydrogen-bond donors (Lipinski definition) is 2. The average Bonchev–Trinajstić information content (AvgIpc) is 1.41. The van der Waals surface area contributed by atoms with Crippen LogP contribution in [0.3, 0.4) is 0 Å². The van der Waals surface area contributed by atoms with Gasteiger partial charge >= 0.3 is 0 Å². The Bertz CT molecular complexity index is 4630. The van der Waals surface area contributed by atoms with Crippen LogP contribution < -0.4 is 19.6 Å². The molecule has 0 spiro atoms. The zero-order chi connectivity index (χ0) is 70.9. The monoisotopic (exact) mass is 1470 g/mol. The molecule has 8 nitrogen and oxygen atoms in total. The third-order valence-electron chi connectivity index (χ3n) is 21.6. The summed E-state index contributed by atoms with van der Waals surface area (Å²) in [7, 11) is 0. The SMILES string of the molecule is CC[C@H](C[C@H](CC)[OH+]c1ccc(F)cc1-c1cc(C(C)(C)CC(C)(C)C)cc(-c2cc(N3CCc4ccccc43)cc(N3CCc4ccccc43)c2)c1O)[OH+]c1ccc(F)cc1-c1cc(C(C)(C)CC(C)(C)C)c(-c2cc(N3CCc4ccccc43)cc(N3CCc4ccccc43)c2)cc1O.[CH3-].[CH3-].[Zr]. The Morgan fingerprint density at radius 2 is 0.750 bits per heavy atom. The first kappa shape index (κ1) is 76.5. The van der Waals surface area contributed by atoms with Gasteiger partial charge in [0.1, 0.15) is 29.6 Å². The fourth-order valence-corrected chi connectivity index (χ4v) is 17.5. The van der Waals surface area contributed by atoms with Crippen molar-refractivity contribution in [2.24, 2.45) is 10.8 Å². The predicted molar refractivity (Wildman–Crippen MR) is 430 cm³/mol. The number of hydrogen-bond acceptors (Lipinski definition) is 6. The molecule has 0 amide bonds. The molecule has 4 heterocycles. The van der Waals surface area contributed by atoms with E-state index < -0.39 is 17.0 Å². The molecule has 2 atom stereocenters. The molecule has 0 fully saturated rings. The van der Waals surface area contributed by atoms with Crippen molar-refractivity contribution >= 4 is 45.5 Å². The summed E-state index contributed by atoms with van der Waals surface area (Å²) in [5.74, 6) is 0.399. The van der Waals surface area contributed by atoms with Crippen LogP contribution in [0.2, 0.25) is 0 Å². The van der Waals surface area contributed by atoms with E-state index in [0.29, 0.717) is 58.6 Å². The fraction of sp³-hybridized carbons (Fsp3) is 0.333. The van der Waals surface area contributed by atoms with Crippen LogP contribution >= 0.6 is 0 Å². The second-order valence-corrected chi connectivity index (χ2v) is 32.6. The maximum atomic E-state index is 16.3. The Labute approximate surface area is 637 Å². The van der Waals surface area contributed by atoms with Gasteiger partial charge in [-0.25, -0.2) is 8.78 Å². The molecule has 0 unspecified atom stereocenters. The van der Waals surface area contributed by atoms with Crippen molar-refractivity contribution in [3.63, 3.8) is 0 Å². The average molecular weight is 1470 g/mol. The summed E-state index contributed by atoms with van der Waals surface area (Å²) in [6.07, 6.45) is 6.70. The zero-order valence-corrected chi connectivity index (χ0v) is 66.1. The summed E-state index contributed by atoms with van der Waals surface area (Å²) in [5.41, 5.74) is 21.1. The standard InChI is InChI=1S/C91H98F2N4O4.2CH3.Zr/c1-13-71(100-85-33-31-65(92)49-76(85)75-54-79(91(11,12)57-89(6,7)8)73(55-84(75)98)62-43-67(94-39-35-58-23-15-19-27-80(58)94)51-68(44-62)95-40-36-59-24-16-20-28-81(59)95)53-72(14-2)101-86-34-32-66(93)50-77(86)78-48-64(90(9,10)56-88(3,4)5)47-74(87(78)99)63-45-69(96-41-37-60-25-17-21-29-82(60)96)52-70(46-63)97-42-38-61-26-18-22-30-83(61)97;;;/h15-34,43-52,54-55,71-72,98-99H,13-14,35-42,53,56-57H2,1-12H3;2*1H3;/q;2*-1;/p+2/t71-,72+;;;/m1.../s1. The number of para-hydroxylation sites is 4. The van der Waals surface area contributed by atoms with Crippen LogP contribution in [0.4, 0.5) is 54.3 Å². The van der Waals surface area contributed by atoms with Gasteiger partial charge in [0.25, 0.3) is 11.5 Å². The van der Waals surface area contributed by atoms with Crippen molar-refractivity contribution in [1.82, 2.24) is 0 Å². The summed E-state index contributed by atoms with van der Waals surface area (Å²) in [6.45, 7) is 30.4. The number of fused-ring (bicyclic) bond motifs is 4. The van der Waals surface area contributed by atoms with E-state index in [-0.39, 0.29) is 81.0 Å². The molecule has 10 aromatic rings. The molecular weight excluding hydrogens is 1370 g/mol. The molecule has 4 aliphatic rings. The summed E-state index contributed by atoms with van der Waals surface area (Å²) in [5, 5.41) is 26.0. The first-order valence-corrected chi connectivity index (χ1v) is 36.8. The minimum atomic E-state index is -0.428. The van der Waals surface area contributed by atoms with E-state index >= 15 is 8.78 Å². The van der Waals surface area contributed by atoms with Crippen LogP contribution in [0, 0.1) is 37.3 Å². The molecule has 104 heavy (non-hydrogen) atoms. The van der Waals surface area contributed by atoms with E-state index in [1.54, 1.807) is 12.1 Å². The number of benzene rings is 10. The molecule has 0 aromatic heterocycles. The number of phenolic OH excluding ortho intramolecular Hbond substituents is 2. The van der Waals surface area contributed by atoms with E-state index in [1.165, 1.54) is 69.3 Å². The van der Waals surface area contributed by atoms with Crippen molar-refractivity contribution in [2.75, 3.05) is 45.8 Å². The molecule has 4 N–H and O–H groups in total. The first-order chi connectivity index (χ1) is 48.3. The summed E-state index contributed by atoms with van der Waals surface area (Å²) < 4.78 is 43.5. The van der Waals surface area contributed by atoms with Gasteiger partial charge in [0, 0.05) is 140 Å². The fourth-order valence-electron chi connectivity index (χ4n) is 17.5. The molecule has 10 aromatic carbocycles. The number of rotatable bonds is 20. The van der Waals surface area contributed by atoms with Crippen molar-refractivity contribution in [3.8, 4) is 67.5 Å². The van der Waals surface area contributed by atoms with Crippen LogP contribution in [0.25, 0.3) is 44.5 Å². The first-order valence-electron chi connectivity index (χ1n) is 36.8. The quantitative estimate of drug-likeness (QED) is 0.0585. The summed E-state index contributed by atoms with van der Waals surface area (Å²) in [6, 6.07) is 66.1. The number of anilines is 8. The molecule has 0 saturated heterocycles. The van der Waals surface area contributed by atoms with E-state index in [1.807, 2.05) is 6.07 Å². The van der Waals surface area contributed by atoms with Crippen LogP contribution in [-0.4, -0.2) is 58.1 Å². The summed E-state index contributed by atoms with van der Waals surface area (Å²) >= 11 is 0. The van der Waals surface area contributed by atoms with Gasteiger partial charge < -0.3 is 54.1 Å². The molecule has 11 heteroatoms. The molecule has 0 radical (unpaired) electrons. The maximum Gasteiger partial charge on any atom is 0.263 e. The Morgan fingerprint density at radius 1 is 0.394 bits per heavy atom. The van der Waals surface area contributed by atoms with Gasteiger partial charge in [0.2, 0.25) is 0 Å². The zero-order valence-electron chi connectivity index (χ0n) is 63.7. The molecule has 0 aliphatic carbocycles. The normalized spacial score (nSPS) is 14.6. The number of halogens is 2.